The van der Waals surface area contributed by atoms with E-state index in [0.717, 1.165) is 22.7 Å². The number of halogens is 1. The van der Waals surface area contributed by atoms with Gasteiger partial charge in [-0.15, -0.1) is 0 Å². The van der Waals surface area contributed by atoms with Crippen molar-refractivity contribution in [2.45, 2.75) is 51.1 Å². The zero-order chi connectivity index (χ0) is 29.3. The molecule has 40 heavy (non-hydrogen) atoms. The SMILES string of the molecule is CCCCNC(=O)[C@H](C)N(Cc1ccccc1Cl)C(=O)CN(c1ccc(OC)cc1)S(=O)(=O)c1ccc(C)cc1. The van der Waals surface area contributed by atoms with Gasteiger partial charge in [0.05, 0.1) is 17.7 Å². The lowest BCUT2D eigenvalue weighted by atomic mass is 10.1. The van der Waals surface area contributed by atoms with E-state index in [-0.39, 0.29) is 23.0 Å². The van der Waals surface area contributed by atoms with E-state index in [2.05, 4.69) is 5.32 Å². The predicted molar refractivity (Wildman–Crippen MR) is 158 cm³/mol. The van der Waals surface area contributed by atoms with Gasteiger partial charge in [0.1, 0.15) is 18.3 Å². The summed E-state index contributed by atoms with van der Waals surface area (Å²) in [6.45, 7) is 5.49. The maximum atomic E-state index is 13.9. The van der Waals surface area contributed by atoms with E-state index in [1.165, 1.54) is 24.1 Å². The lowest BCUT2D eigenvalue weighted by Crippen LogP contribution is -2.51. The van der Waals surface area contributed by atoms with Crippen LogP contribution in [0.15, 0.2) is 77.7 Å². The molecule has 0 aliphatic heterocycles. The van der Waals surface area contributed by atoms with Crippen LogP contribution >= 0.6 is 11.6 Å². The maximum absolute atomic E-state index is 13.9. The number of unbranched alkanes of at least 4 members (excludes halogenated alkanes) is 1. The van der Waals surface area contributed by atoms with Crippen LogP contribution in [-0.2, 0) is 26.2 Å². The van der Waals surface area contributed by atoms with Gasteiger partial charge in [-0.25, -0.2) is 8.42 Å². The van der Waals surface area contributed by atoms with Crippen molar-refractivity contribution in [1.82, 2.24) is 10.2 Å². The second-order valence-electron chi connectivity index (χ2n) is 9.46. The van der Waals surface area contributed by atoms with Crippen LogP contribution in [0.25, 0.3) is 0 Å². The highest BCUT2D eigenvalue weighted by Crippen LogP contribution is 2.27. The molecule has 0 saturated heterocycles. The first-order valence-electron chi connectivity index (χ1n) is 13.1. The molecule has 214 valence electrons. The number of ether oxygens (including phenoxy) is 1. The first kappa shape index (κ1) is 31.0. The summed E-state index contributed by atoms with van der Waals surface area (Å²) in [7, 11) is -2.63. The number of aryl methyl sites for hydroxylation is 1. The monoisotopic (exact) mass is 585 g/mol. The van der Waals surface area contributed by atoms with Gasteiger partial charge in [0.15, 0.2) is 0 Å². The summed E-state index contributed by atoms with van der Waals surface area (Å²) >= 11 is 6.40. The Kier molecular flexibility index (Phi) is 11.0. The molecule has 0 spiro atoms. The number of carbonyl (C=O) groups is 2. The van der Waals surface area contributed by atoms with Crippen LogP contribution in [0.1, 0.15) is 37.8 Å². The molecule has 1 N–H and O–H groups in total. The van der Waals surface area contributed by atoms with E-state index >= 15 is 0 Å². The van der Waals surface area contributed by atoms with Crippen molar-refractivity contribution < 1.29 is 22.7 Å². The molecule has 8 nitrogen and oxygen atoms in total. The van der Waals surface area contributed by atoms with Crippen molar-refractivity contribution in [2.24, 2.45) is 0 Å². The fraction of sp³-hybridized carbons (Fsp3) is 0.333. The minimum Gasteiger partial charge on any atom is -0.497 e. The summed E-state index contributed by atoms with van der Waals surface area (Å²) in [6.07, 6.45) is 1.71. The molecule has 0 fully saturated rings. The highest BCUT2D eigenvalue weighted by atomic mass is 35.5. The molecular weight excluding hydrogens is 550 g/mol. The first-order valence-corrected chi connectivity index (χ1v) is 14.9. The zero-order valence-corrected chi connectivity index (χ0v) is 24.8. The standard InChI is InChI=1S/C30H36ClN3O5S/c1-5-6-19-32-30(36)23(3)33(20-24-9-7-8-10-28(24)31)29(35)21-34(25-13-15-26(39-4)16-14-25)40(37,38)27-17-11-22(2)12-18-27/h7-18,23H,5-6,19-21H2,1-4H3,(H,32,36)/t23-/m0/s1. The Labute approximate surface area is 241 Å². The van der Waals surface area contributed by atoms with Crippen LogP contribution in [0, 0.1) is 6.92 Å². The summed E-state index contributed by atoms with van der Waals surface area (Å²) in [5.74, 6) is -0.337. The Morgan fingerprint density at radius 2 is 1.65 bits per heavy atom. The van der Waals surface area contributed by atoms with Gasteiger partial charge >= 0.3 is 0 Å². The van der Waals surface area contributed by atoms with Gasteiger partial charge in [-0.1, -0.05) is 60.8 Å². The molecule has 1 atom stereocenters. The Morgan fingerprint density at radius 1 is 1.00 bits per heavy atom. The van der Waals surface area contributed by atoms with E-state index < -0.39 is 28.5 Å². The molecule has 0 aromatic heterocycles. The number of benzene rings is 3. The minimum atomic E-state index is -4.15. The van der Waals surface area contributed by atoms with Gasteiger partial charge in [-0.2, -0.15) is 0 Å². The average Bonchev–Trinajstić information content (AvgIpc) is 2.95. The molecule has 3 aromatic rings. The Bertz CT molecular complexity index is 1400. The molecule has 2 amide bonds. The van der Waals surface area contributed by atoms with Crippen molar-refractivity contribution in [3.63, 3.8) is 0 Å². The van der Waals surface area contributed by atoms with Crippen LogP contribution in [0.4, 0.5) is 5.69 Å². The Balaban J connectivity index is 2.01. The minimum absolute atomic E-state index is 0.0297. The van der Waals surface area contributed by atoms with E-state index in [1.54, 1.807) is 67.6 Å². The molecule has 0 unspecified atom stereocenters. The summed E-state index contributed by atoms with van der Waals surface area (Å²) < 4.78 is 34.0. The number of amides is 2. The lowest BCUT2D eigenvalue weighted by molar-refractivity contribution is -0.139. The largest absolute Gasteiger partial charge is 0.497 e. The van der Waals surface area contributed by atoms with E-state index in [1.807, 2.05) is 13.8 Å². The van der Waals surface area contributed by atoms with Crippen molar-refractivity contribution in [3.05, 3.63) is 88.9 Å². The molecule has 0 aliphatic carbocycles. The highest BCUT2D eigenvalue weighted by molar-refractivity contribution is 7.92. The Hall–Kier alpha value is -3.56. The smallest absolute Gasteiger partial charge is 0.264 e. The van der Waals surface area contributed by atoms with Crippen LogP contribution in [-0.4, -0.2) is 51.4 Å². The molecule has 10 heteroatoms. The second kappa shape index (κ2) is 14.2. The van der Waals surface area contributed by atoms with Crippen LogP contribution in [0.5, 0.6) is 5.75 Å². The van der Waals surface area contributed by atoms with Crippen molar-refractivity contribution >= 4 is 39.1 Å². The molecule has 0 bridgehead atoms. The summed E-state index contributed by atoms with van der Waals surface area (Å²) in [5, 5.41) is 3.31. The van der Waals surface area contributed by atoms with Gasteiger partial charge in [-0.3, -0.25) is 13.9 Å². The molecule has 0 aliphatic rings. The van der Waals surface area contributed by atoms with Crippen molar-refractivity contribution in [2.75, 3.05) is 24.5 Å². The molecule has 0 radical (unpaired) electrons. The van der Waals surface area contributed by atoms with Gasteiger partial charge in [0.25, 0.3) is 10.0 Å². The Morgan fingerprint density at radius 3 is 2.25 bits per heavy atom. The number of anilines is 1. The molecular formula is C30H36ClN3O5S. The normalized spacial score (nSPS) is 11.9. The number of hydrogen-bond acceptors (Lipinski definition) is 5. The summed E-state index contributed by atoms with van der Waals surface area (Å²) in [6, 6.07) is 19.0. The number of rotatable bonds is 13. The fourth-order valence-corrected chi connectivity index (χ4v) is 5.65. The number of nitrogens with one attached hydrogen (secondary N) is 1. The van der Waals surface area contributed by atoms with Crippen LogP contribution in [0.2, 0.25) is 5.02 Å². The first-order chi connectivity index (χ1) is 19.1. The lowest BCUT2D eigenvalue weighted by Gasteiger charge is -2.32. The van der Waals surface area contributed by atoms with E-state index in [0.29, 0.717) is 22.9 Å². The average molecular weight is 586 g/mol. The molecule has 0 saturated carbocycles. The summed E-state index contributed by atoms with van der Waals surface area (Å²) in [4.78, 5) is 28.4. The number of carbonyl (C=O) groups excluding carboxylic acids is 2. The second-order valence-corrected chi connectivity index (χ2v) is 11.7. The third kappa shape index (κ3) is 7.76. The van der Waals surface area contributed by atoms with Gasteiger partial charge in [0.2, 0.25) is 11.8 Å². The third-order valence-corrected chi connectivity index (χ3v) is 8.70. The van der Waals surface area contributed by atoms with Gasteiger partial charge < -0.3 is 15.0 Å². The quantitative estimate of drug-likeness (QED) is 0.279. The topological polar surface area (TPSA) is 96.0 Å². The third-order valence-electron chi connectivity index (χ3n) is 6.54. The maximum Gasteiger partial charge on any atom is 0.264 e. The van der Waals surface area contributed by atoms with Gasteiger partial charge in [0, 0.05) is 18.1 Å². The molecule has 3 rings (SSSR count). The van der Waals surface area contributed by atoms with Crippen LogP contribution < -0.4 is 14.4 Å². The number of hydrogen-bond donors (Lipinski definition) is 1. The molecule has 0 heterocycles. The van der Waals surface area contributed by atoms with Crippen molar-refractivity contribution in [3.8, 4) is 5.75 Å². The predicted octanol–water partition coefficient (Wildman–Crippen LogP) is 5.19. The number of sulfonamides is 1. The van der Waals surface area contributed by atoms with E-state index in [9.17, 15) is 18.0 Å². The summed E-state index contributed by atoms with van der Waals surface area (Å²) in [5.41, 5.74) is 1.83. The van der Waals surface area contributed by atoms with Crippen molar-refractivity contribution in [1.29, 1.82) is 0 Å². The fourth-order valence-electron chi connectivity index (χ4n) is 4.04. The highest BCUT2D eigenvalue weighted by Gasteiger charge is 2.32. The van der Waals surface area contributed by atoms with Crippen LogP contribution in [0.3, 0.4) is 0 Å². The molecule has 3 aromatic carbocycles. The zero-order valence-electron chi connectivity index (χ0n) is 23.3. The van der Waals surface area contributed by atoms with Gasteiger partial charge in [-0.05, 0) is 68.3 Å². The number of methoxy groups -OCH3 is 1. The number of nitrogens with zero attached hydrogens (tertiary/aromatic N) is 2. The van der Waals surface area contributed by atoms with E-state index in [4.69, 9.17) is 16.3 Å².